The summed E-state index contributed by atoms with van der Waals surface area (Å²) in [7, 11) is 0. The van der Waals surface area contributed by atoms with Crippen molar-refractivity contribution in [3.63, 3.8) is 0 Å². The third-order valence-electron chi connectivity index (χ3n) is 4.40. The van der Waals surface area contributed by atoms with Crippen LogP contribution in [-0.2, 0) is 17.9 Å². The Balaban J connectivity index is 2.04. The second-order valence-electron chi connectivity index (χ2n) is 6.53. The average molecular weight is 381 g/mol. The Morgan fingerprint density at radius 3 is 2.57 bits per heavy atom. The molecule has 0 fully saturated rings. The molecule has 146 valence electrons. The molecule has 0 bridgehead atoms. The molecule has 6 heteroatoms. The molecule has 0 atom stereocenters. The van der Waals surface area contributed by atoms with E-state index in [9.17, 15) is 14.7 Å². The quantitative estimate of drug-likeness (QED) is 0.626. The summed E-state index contributed by atoms with van der Waals surface area (Å²) in [6.07, 6.45) is 1.66. The van der Waals surface area contributed by atoms with Crippen molar-refractivity contribution in [2.45, 2.75) is 39.8 Å². The lowest BCUT2D eigenvalue weighted by atomic mass is 10.1. The molecular weight excluding hydrogens is 358 g/mol. The standard InChI is InChI=1S/C22H23NO5/c1-3-4-12-23-19-13-17(27-14-16-8-6-5-7-9-16)10-11-18(19)20(25)21(22(23)26)28-15(2)24/h5-11,13,25H,3-4,12,14H2,1-2H3. The summed E-state index contributed by atoms with van der Waals surface area (Å²) in [6, 6.07) is 14.9. The number of carbonyl (C=O) groups is 1. The molecule has 0 saturated carbocycles. The molecule has 0 radical (unpaired) electrons. The Bertz CT molecular complexity index is 1040. The van der Waals surface area contributed by atoms with Crippen LogP contribution >= 0.6 is 0 Å². The van der Waals surface area contributed by atoms with E-state index in [1.165, 1.54) is 11.5 Å². The van der Waals surface area contributed by atoms with Crippen molar-refractivity contribution in [3.05, 3.63) is 64.4 Å². The largest absolute Gasteiger partial charge is 0.504 e. The van der Waals surface area contributed by atoms with Crippen molar-refractivity contribution in [2.75, 3.05) is 0 Å². The highest BCUT2D eigenvalue weighted by molar-refractivity contribution is 5.89. The number of rotatable bonds is 7. The smallest absolute Gasteiger partial charge is 0.308 e. The van der Waals surface area contributed by atoms with Gasteiger partial charge in [0.25, 0.3) is 5.56 Å². The number of aromatic hydroxyl groups is 1. The number of nitrogens with zero attached hydrogens (tertiary/aromatic N) is 1. The minimum Gasteiger partial charge on any atom is -0.504 e. The normalized spacial score (nSPS) is 10.8. The van der Waals surface area contributed by atoms with Crippen molar-refractivity contribution in [1.82, 2.24) is 4.57 Å². The SMILES string of the molecule is CCCCn1c(=O)c(OC(C)=O)c(O)c2ccc(OCc3ccccc3)cc21. The summed E-state index contributed by atoms with van der Waals surface area (Å²) >= 11 is 0. The Morgan fingerprint density at radius 2 is 1.89 bits per heavy atom. The van der Waals surface area contributed by atoms with E-state index in [2.05, 4.69) is 0 Å². The summed E-state index contributed by atoms with van der Waals surface area (Å²) in [6.45, 7) is 4.06. The minimum absolute atomic E-state index is 0.336. The second-order valence-corrected chi connectivity index (χ2v) is 6.53. The molecule has 0 spiro atoms. The Morgan fingerprint density at radius 1 is 1.14 bits per heavy atom. The zero-order valence-corrected chi connectivity index (χ0v) is 16.0. The highest BCUT2D eigenvalue weighted by Gasteiger charge is 2.19. The first-order chi connectivity index (χ1) is 13.5. The van der Waals surface area contributed by atoms with E-state index in [1.54, 1.807) is 18.2 Å². The van der Waals surface area contributed by atoms with E-state index in [0.29, 0.717) is 29.8 Å². The fourth-order valence-electron chi connectivity index (χ4n) is 3.00. The molecule has 0 aliphatic rings. The molecule has 28 heavy (non-hydrogen) atoms. The lowest BCUT2D eigenvalue weighted by Gasteiger charge is -2.15. The molecule has 1 aromatic heterocycles. The Hall–Kier alpha value is -3.28. The van der Waals surface area contributed by atoms with Gasteiger partial charge in [0.05, 0.1) is 5.52 Å². The van der Waals surface area contributed by atoms with Crippen LogP contribution in [0.5, 0.6) is 17.2 Å². The van der Waals surface area contributed by atoms with E-state index in [1.807, 2.05) is 37.3 Å². The molecule has 3 aromatic rings. The van der Waals surface area contributed by atoms with Crippen molar-refractivity contribution in [3.8, 4) is 17.2 Å². The van der Waals surface area contributed by atoms with Crippen LogP contribution in [0.15, 0.2) is 53.3 Å². The minimum atomic E-state index is -0.656. The number of hydrogen-bond acceptors (Lipinski definition) is 5. The number of fused-ring (bicyclic) bond motifs is 1. The number of ether oxygens (including phenoxy) is 2. The van der Waals surface area contributed by atoms with E-state index < -0.39 is 11.5 Å². The number of pyridine rings is 1. The maximum Gasteiger partial charge on any atom is 0.308 e. The molecule has 0 aliphatic carbocycles. The first kappa shape index (κ1) is 19.5. The van der Waals surface area contributed by atoms with Gasteiger partial charge in [0, 0.05) is 24.9 Å². The molecule has 6 nitrogen and oxygen atoms in total. The molecule has 0 saturated heterocycles. The number of unbranched alkanes of at least 4 members (excludes halogenated alkanes) is 1. The number of esters is 1. The lowest BCUT2D eigenvalue weighted by Crippen LogP contribution is -2.24. The van der Waals surface area contributed by atoms with Gasteiger partial charge in [-0.05, 0) is 24.1 Å². The third kappa shape index (κ3) is 4.17. The molecule has 1 heterocycles. The van der Waals surface area contributed by atoms with Gasteiger partial charge in [0.1, 0.15) is 12.4 Å². The van der Waals surface area contributed by atoms with Crippen molar-refractivity contribution in [1.29, 1.82) is 0 Å². The second kappa shape index (κ2) is 8.61. The maximum absolute atomic E-state index is 12.8. The average Bonchev–Trinajstić information content (AvgIpc) is 2.70. The van der Waals surface area contributed by atoms with Gasteiger partial charge in [-0.3, -0.25) is 9.59 Å². The molecule has 0 amide bonds. The highest BCUT2D eigenvalue weighted by atomic mass is 16.5. The van der Waals surface area contributed by atoms with E-state index in [4.69, 9.17) is 9.47 Å². The molecule has 1 N–H and O–H groups in total. The molecular formula is C22H23NO5. The van der Waals surface area contributed by atoms with Gasteiger partial charge in [-0.2, -0.15) is 0 Å². The highest BCUT2D eigenvalue weighted by Crippen LogP contribution is 2.33. The first-order valence-corrected chi connectivity index (χ1v) is 9.26. The van der Waals surface area contributed by atoms with E-state index >= 15 is 0 Å². The third-order valence-corrected chi connectivity index (χ3v) is 4.40. The zero-order chi connectivity index (χ0) is 20.1. The summed E-state index contributed by atoms with van der Waals surface area (Å²) in [5.41, 5.74) is 1.03. The van der Waals surface area contributed by atoms with Gasteiger partial charge in [-0.25, -0.2) is 0 Å². The first-order valence-electron chi connectivity index (χ1n) is 9.26. The number of hydrogen-bond donors (Lipinski definition) is 1. The van der Waals surface area contributed by atoms with E-state index in [0.717, 1.165) is 18.4 Å². The summed E-state index contributed by atoms with van der Waals surface area (Å²) in [4.78, 5) is 24.2. The fourth-order valence-corrected chi connectivity index (χ4v) is 3.00. The van der Waals surface area contributed by atoms with Gasteiger partial charge in [-0.15, -0.1) is 0 Å². The van der Waals surface area contributed by atoms with Crippen molar-refractivity contribution in [2.24, 2.45) is 0 Å². The van der Waals surface area contributed by atoms with Crippen LogP contribution in [0.1, 0.15) is 32.3 Å². The number of aryl methyl sites for hydroxylation is 1. The fraction of sp³-hybridized carbons (Fsp3) is 0.273. The zero-order valence-electron chi connectivity index (χ0n) is 16.0. The van der Waals surface area contributed by atoms with Gasteiger partial charge < -0.3 is 19.1 Å². The maximum atomic E-state index is 12.8. The molecule has 3 rings (SSSR count). The summed E-state index contributed by atoms with van der Waals surface area (Å²) < 4.78 is 12.4. The lowest BCUT2D eigenvalue weighted by molar-refractivity contribution is -0.132. The van der Waals surface area contributed by atoms with Gasteiger partial charge >= 0.3 is 5.97 Å². The predicted molar refractivity (Wildman–Crippen MR) is 107 cm³/mol. The number of carbonyl (C=O) groups excluding carboxylic acids is 1. The van der Waals surface area contributed by atoms with Crippen molar-refractivity contribution < 1.29 is 19.4 Å². The predicted octanol–water partition coefficient (Wildman–Crippen LogP) is 4.01. The summed E-state index contributed by atoms with van der Waals surface area (Å²) in [5.74, 6) is -0.746. The van der Waals surface area contributed by atoms with Crippen LogP contribution in [0.4, 0.5) is 0 Å². The topological polar surface area (TPSA) is 77.8 Å². The van der Waals surface area contributed by atoms with Crippen LogP contribution in [0.3, 0.4) is 0 Å². The Labute approximate surface area is 162 Å². The summed E-state index contributed by atoms with van der Waals surface area (Å²) in [5, 5.41) is 10.9. The van der Waals surface area contributed by atoms with Gasteiger partial charge in [0.2, 0.25) is 5.75 Å². The van der Waals surface area contributed by atoms with Crippen LogP contribution in [0.2, 0.25) is 0 Å². The van der Waals surface area contributed by atoms with Crippen molar-refractivity contribution >= 4 is 16.9 Å². The van der Waals surface area contributed by atoms with Crippen LogP contribution in [-0.4, -0.2) is 15.6 Å². The number of benzene rings is 2. The van der Waals surface area contributed by atoms with Crippen LogP contribution < -0.4 is 15.0 Å². The Kier molecular flexibility index (Phi) is 5.99. The van der Waals surface area contributed by atoms with Crippen LogP contribution in [0.25, 0.3) is 10.9 Å². The van der Waals surface area contributed by atoms with Crippen LogP contribution in [0, 0.1) is 0 Å². The van der Waals surface area contributed by atoms with E-state index in [-0.39, 0.29) is 11.5 Å². The monoisotopic (exact) mass is 381 g/mol. The molecule has 2 aromatic carbocycles. The van der Waals surface area contributed by atoms with Gasteiger partial charge in [0.15, 0.2) is 5.75 Å². The molecule has 0 aliphatic heterocycles. The number of aromatic nitrogens is 1. The van der Waals surface area contributed by atoms with Gasteiger partial charge in [-0.1, -0.05) is 43.7 Å². The molecule has 0 unspecified atom stereocenters.